The quantitative estimate of drug-likeness (QED) is 0.722. The number of Topliss-reactive ketones (excluding diaryl/α,β-unsaturated/α-hetero) is 1. The van der Waals surface area contributed by atoms with Crippen LogP contribution in [-0.4, -0.2) is 30.1 Å². The van der Waals surface area contributed by atoms with Gasteiger partial charge in [-0.3, -0.25) is 9.59 Å². The van der Waals surface area contributed by atoms with Crippen molar-refractivity contribution < 1.29 is 33.3 Å². The van der Waals surface area contributed by atoms with Gasteiger partial charge in [-0.15, -0.1) is 0 Å². The van der Waals surface area contributed by atoms with Gasteiger partial charge in [0, 0.05) is 25.2 Å². The van der Waals surface area contributed by atoms with Crippen LogP contribution in [0.3, 0.4) is 0 Å². The smallest absolute Gasteiger partial charge is 0.303 e. The third kappa shape index (κ3) is 3.49. The zero-order chi connectivity index (χ0) is 18.1. The summed E-state index contributed by atoms with van der Waals surface area (Å²) in [5.41, 5.74) is 1.34. The lowest BCUT2D eigenvalue weighted by Crippen LogP contribution is -2.49. The summed E-state index contributed by atoms with van der Waals surface area (Å²) in [6.07, 6.45) is 0.798. The van der Waals surface area contributed by atoms with E-state index in [4.69, 9.17) is 4.74 Å². The topological polar surface area (TPSA) is 61.8 Å². The monoisotopic (exact) mass is 358 g/mol. The fourth-order valence-corrected chi connectivity index (χ4v) is 4.99. The first kappa shape index (κ1) is 18.5. The maximum atomic E-state index is 13.5. The summed E-state index contributed by atoms with van der Waals surface area (Å²) in [4.78, 5) is 32.4. The number of carbonyl (C=O) groups is 2. The molecule has 25 heavy (non-hydrogen) atoms. The largest absolute Gasteiger partial charge is 0.458 e. The molecule has 3 aliphatic rings. The average Bonchev–Trinajstić information content (AvgIpc) is 2.57. The molecule has 2 saturated carbocycles. The maximum Gasteiger partial charge on any atom is 0.303 e. The number of hydrogen-bond donors (Lipinski definition) is 0. The summed E-state index contributed by atoms with van der Waals surface area (Å²) >= 11 is 0. The average molecular weight is 358 g/mol. The molecule has 0 radical (unpaired) electrons. The SMILES string of the molecule is CC(=O)O[C@H]1CC2CCC[C@@H](OF)[C@@H]2[C@@H](OF)[C@@H]2CC(=O)C(C)=C1C2. The predicted molar refractivity (Wildman–Crippen MR) is 83.4 cm³/mol. The summed E-state index contributed by atoms with van der Waals surface area (Å²) in [6.45, 7) is 3.05. The second-order valence-corrected chi connectivity index (χ2v) is 7.53. The van der Waals surface area contributed by atoms with Crippen molar-refractivity contribution in [1.82, 2.24) is 0 Å². The standard InChI is InChI=1S/C18H24F2O5/c1-9-13-6-12(7-14(9)22)18(25-20)17-11(4-3-5-15(17)24-19)8-16(13)23-10(2)21/h11-12,15-18H,3-8H2,1-2H3/t11?,12-,15+,16-,17+,18-/m0/s1. The van der Waals surface area contributed by atoms with Crippen molar-refractivity contribution in [3.63, 3.8) is 0 Å². The van der Waals surface area contributed by atoms with Gasteiger partial charge in [0.25, 0.3) is 0 Å². The number of fused-ring (bicyclic) bond motifs is 3. The van der Waals surface area contributed by atoms with Gasteiger partial charge in [0.1, 0.15) is 18.3 Å². The zero-order valence-corrected chi connectivity index (χ0v) is 14.5. The lowest BCUT2D eigenvalue weighted by Gasteiger charge is -2.46. The number of hydrogen-bond acceptors (Lipinski definition) is 5. The predicted octanol–water partition coefficient (Wildman–Crippen LogP) is 3.57. The molecule has 0 aromatic heterocycles. The molecule has 1 unspecified atom stereocenters. The summed E-state index contributed by atoms with van der Waals surface area (Å²) in [5.74, 6) is -1.53. The molecule has 0 aromatic rings. The van der Waals surface area contributed by atoms with Crippen LogP contribution in [0.1, 0.15) is 52.4 Å². The highest BCUT2D eigenvalue weighted by Crippen LogP contribution is 2.48. The highest BCUT2D eigenvalue weighted by atomic mass is 19.3. The van der Waals surface area contributed by atoms with Gasteiger partial charge >= 0.3 is 5.97 Å². The van der Waals surface area contributed by atoms with Gasteiger partial charge in [-0.05, 0) is 58.7 Å². The van der Waals surface area contributed by atoms with Crippen molar-refractivity contribution in [3.05, 3.63) is 11.1 Å². The molecule has 140 valence electrons. The molecule has 2 fully saturated rings. The van der Waals surface area contributed by atoms with Gasteiger partial charge in [-0.2, -0.15) is 9.88 Å². The van der Waals surface area contributed by atoms with Crippen molar-refractivity contribution in [3.8, 4) is 0 Å². The van der Waals surface area contributed by atoms with E-state index in [1.54, 1.807) is 6.92 Å². The molecule has 7 heteroatoms. The Morgan fingerprint density at radius 2 is 1.88 bits per heavy atom. The van der Waals surface area contributed by atoms with E-state index in [-0.39, 0.29) is 18.1 Å². The van der Waals surface area contributed by atoms with E-state index in [0.29, 0.717) is 24.8 Å². The molecule has 0 saturated heterocycles. The van der Waals surface area contributed by atoms with E-state index >= 15 is 0 Å². The maximum absolute atomic E-state index is 13.5. The number of esters is 1. The van der Waals surface area contributed by atoms with Crippen LogP contribution >= 0.6 is 0 Å². The van der Waals surface area contributed by atoms with E-state index in [9.17, 15) is 18.6 Å². The van der Waals surface area contributed by atoms with Crippen molar-refractivity contribution in [2.75, 3.05) is 0 Å². The minimum atomic E-state index is -0.892. The number of ether oxygens (including phenoxy) is 1. The van der Waals surface area contributed by atoms with Gasteiger partial charge < -0.3 is 4.74 Å². The van der Waals surface area contributed by atoms with Gasteiger partial charge in [-0.25, -0.2) is 0 Å². The van der Waals surface area contributed by atoms with Crippen LogP contribution in [0.2, 0.25) is 0 Å². The van der Waals surface area contributed by atoms with Crippen LogP contribution in [0.25, 0.3) is 0 Å². The second-order valence-electron chi connectivity index (χ2n) is 7.53. The second kappa shape index (κ2) is 7.50. The molecule has 0 aromatic carbocycles. The Kier molecular flexibility index (Phi) is 5.53. The van der Waals surface area contributed by atoms with E-state index in [1.165, 1.54) is 6.92 Å². The van der Waals surface area contributed by atoms with Crippen molar-refractivity contribution in [2.45, 2.75) is 70.7 Å². The first-order chi connectivity index (χ1) is 12.0. The number of halogens is 2. The zero-order valence-electron chi connectivity index (χ0n) is 14.5. The fourth-order valence-electron chi connectivity index (χ4n) is 4.99. The molecule has 0 amide bonds. The van der Waals surface area contributed by atoms with Crippen molar-refractivity contribution in [2.24, 2.45) is 17.8 Å². The van der Waals surface area contributed by atoms with Gasteiger partial charge in [-0.1, -0.05) is 6.42 Å². The lowest BCUT2D eigenvalue weighted by atomic mass is 9.63. The molecule has 5 nitrogen and oxygen atoms in total. The van der Waals surface area contributed by atoms with Gasteiger partial charge in [0.15, 0.2) is 5.78 Å². The molecular weight excluding hydrogens is 334 g/mol. The first-order valence-electron chi connectivity index (χ1n) is 8.91. The molecule has 2 bridgehead atoms. The summed E-state index contributed by atoms with van der Waals surface area (Å²) in [7, 11) is 0. The van der Waals surface area contributed by atoms with Crippen LogP contribution in [0.15, 0.2) is 11.1 Å². The van der Waals surface area contributed by atoms with Crippen LogP contribution in [0.4, 0.5) is 9.05 Å². The lowest BCUT2D eigenvalue weighted by molar-refractivity contribution is -0.276. The van der Waals surface area contributed by atoms with E-state index in [0.717, 1.165) is 18.4 Å². The van der Waals surface area contributed by atoms with Crippen molar-refractivity contribution >= 4 is 11.8 Å². The Labute approximate surface area is 145 Å². The number of carbonyl (C=O) groups excluding carboxylic acids is 2. The van der Waals surface area contributed by atoms with E-state index in [1.807, 2.05) is 0 Å². The Balaban J connectivity index is 2.02. The third-order valence-electron chi connectivity index (χ3n) is 6.14. The molecule has 0 heterocycles. The molecule has 0 aliphatic heterocycles. The van der Waals surface area contributed by atoms with Crippen molar-refractivity contribution in [1.29, 1.82) is 0 Å². The highest BCUT2D eigenvalue weighted by molar-refractivity contribution is 5.96. The van der Waals surface area contributed by atoms with Gasteiger partial charge in [0.05, 0.1) is 0 Å². The van der Waals surface area contributed by atoms with E-state index < -0.39 is 36.1 Å². The van der Waals surface area contributed by atoms with Crippen LogP contribution < -0.4 is 0 Å². The minimum Gasteiger partial charge on any atom is -0.458 e. The number of rotatable bonds is 3. The Morgan fingerprint density at radius 1 is 1.12 bits per heavy atom. The van der Waals surface area contributed by atoms with E-state index in [2.05, 4.69) is 9.88 Å². The number of allylic oxidation sites excluding steroid dienone is 1. The van der Waals surface area contributed by atoms with Gasteiger partial charge in [0.2, 0.25) is 0 Å². The van der Waals surface area contributed by atoms with Crippen LogP contribution in [0, 0.1) is 17.8 Å². The first-order valence-corrected chi connectivity index (χ1v) is 8.91. The summed E-state index contributed by atoms with van der Waals surface area (Å²) in [6, 6.07) is 0. The minimum absolute atomic E-state index is 0.0987. The third-order valence-corrected chi connectivity index (χ3v) is 6.14. The normalized spacial score (nSPS) is 38.6. The molecule has 0 spiro atoms. The molecule has 3 aliphatic carbocycles. The molecular formula is C18H24F2O5. The molecule has 3 rings (SSSR count). The van der Waals surface area contributed by atoms with Crippen LogP contribution in [0.5, 0.6) is 0 Å². The Morgan fingerprint density at radius 3 is 2.52 bits per heavy atom. The number of ketones is 1. The molecule has 0 N–H and O–H groups in total. The molecule has 6 atom stereocenters. The Bertz CT molecular complexity index is 576. The Hall–Kier alpha value is -1.34. The summed E-state index contributed by atoms with van der Waals surface area (Å²) in [5, 5.41) is 0. The fraction of sp³-hybridized carbons (Fsp3) is 0.778. The highest BCUT2D eigenvalue weighted by Gasteiger charge is 2.49. The summed E-state index contributed by atoms with van der Waals surface area (Å²) < 4.78 is 32.1. The van der Waals surface area contributed by atoms with Crippen LogP contribution in [-0.2, 0) is 24.2 Å².